The van der Waals surface area contributed by atoms with Crippen LogP contribution in [0.5, 0.6) is 0 Å². The van der Waals surface area contributed by atoms with Crippen LogP contribution in [0.3, 0.4) is 0 Å². The molecule has 1 atom stereocenters. The Morgan fingerprint density at radius 2 is 1.91 bits per heavy atom. The summed E-state index contributed by atoms with van der Waals surface area (Å²) in [5, 5.41) is 5.50. The highest BCUT2D eigenvalue weighted by Gasteiger charge is 2.06. The van der Waals surface area contributed by atoms with E-state index >= 15 is 0 Å². The molecule has 22 heavy (non-hydrogen) atoms. The van der Waals surface area contributed by atoms with E-state index in [-0.39, 0.29) is 11.6 Å². The van der Waals surface area contributed by atoms with Crippen LogP contribution in [0, 0.1) is 5.82 Å². The van der Waals surface area contributed by atoms with E-state index in [1.165, 1.54) is 19.1 Å². The second-order valence-corrected chi connectivity index (χ2v) is 6.24. The van der Waals surface area contributed by atoms with Crippen molar-refractivity contribution in [3.05, 3.63) is 54.3 Å². The third-order valence-corrected chi connectivity index (χ3v) is 4.27. The molecule has 0 radical (unpaired) electrons. The van der Waals surface area contributed by atoms with E-state index in [1.54, 1.807) is 6.07 Å². The van der Waals surface area contributed by atoms with Crippen LogP contribution in [0.1, 0.15) is 6.92 Å². The Morgan fingerprint density at radius 3 is 2.59 bits per heavy atom. The minimum Gasteiger partial charge on any atom is -0.384 e. The lowest BCUT2D eigenvalue weighted by atomic mass is 10.2. The highest BCUT2D eigenvalue weighted by atomic mass is 32.2. The van der Waals surface area contributed by atoms with Gasteiger partial charge >= 0.3 is 0 Å². The van der Waals surface area contributed by atoms with Crippen molar-refractivity contribution >= 4 is 28.1 Å². The minimum absolute atomic E-state index is 0.127. The van der Waals surface area contributed by atoms with Crippen molar-refractivity contribution in [2.45, 2.75) is 11.8 Å². The van der Waals surface area contributed by atoms with Gasteiger partial charge in [0.2, 0.25) is 5.91 Å². The molecule has 2 aromatic carbocycles. The molecule has 0 saturated carbocycles. The van der Waals surface area contributed by atoms with Crippen LogP contribution in [-0.2, 0) is 15.6 Å². The van der Waals surface area contributed by atoms with Crippen LogP contribution >= 0.6 is 0 Å². The smallest absolute Gasteiger partial charge is 0.221 e. The topological polar surface area (TPSA) is 58.2 Å². The molecule has 116 valence electrons. The summed E-state index contributed by atoms with van der Waals surface area (Å²) in [5.41, 5.74) is 0.789. The summed E-state index contributed by atoms with van der Waals surface area (Å²) < 4.78 is 25.6. The fourth-order valence-electron chi connectivity index (χ4n) is 1.90. The largest absolute Gasteiger partial charge is 0.384 e. The summed E-state index contributed by atoms with van der Waals surface area (Å²) >= 11 is 0. The molecule has 0 bridgehead atoms. The van der Waals surface area contributed by atoms with E-state index in [0.29, 0.717) is 18.0 Å². The lowest BCUT2D eigenvalue weighted by molar-refractivity contribution is -0.114. The van der Waals surface area contributed by atoms with Crippen molar-refractivity contribution in [3.8, 4) is 0 Å². The van der Waals surface area contributed by atoms with Crippen LogP contribution in [0.25, 0.3) is 0 Å². The molecule has 6 heteroatoms. The first-order valence-corrected chi connectivity index (χ1v) is 8.12. The number of amides is 1. The van der Waals surface area contributed by atoms with Gasteiger partial charge in [-0.25, -0.2) is 4.39 Å². The summed E-state index contributed by atoms with van der Waals surface area (Å²) in [6.07, 6.45) is 0. The van der Waals surface area contributed by atoms with Crippen molar-refractivity contribution in [2.75, 3.05) is 22.9 Å². The molecule has 2 aromatic rings. The molecule has 0 aromatic heterocycles. The van der Waals surface area contributed by atoms with Gasteiger partial charge in [0.25, 0.3) is 0 Å². The highest BCUT2D eigenvalue weighted by molar-refractivity contribution is 7.85. The molecule has 2 rings (SSSR count). The Labute approximate surface area is 131 Å². The first kappa shape index (κ1) is 16.2. The standard InChI is InChI=1S/C16H17FN2O2S/c1-12(20)19-16-11-13(7-8-15(16)17)18-9-10-22(21)14-5-3-2-4-6-14/h2-8,11,18H,9-10H2,1H3,(H,19,20). The molecule has 0 aliphatic rings. The molecule has 0 heterocycles. The van der Waals surface area contributed by atoms with Crippen LogP contribution in [0.2, 0.25) is 0 Å². The van der Waals surface area contributed by atoms with Gasteiger partial charge in [-0.1, -0.05) is 18.2 Å². The first-order valence-electron chi connectivity index (χ1n) is 6.80. The van der Waals surface area contributed by atoms with Gasteiger partial charge in [-0.05, 0) is 30.3 Å². The second-order valence-electron chi connectivity index (χ2n) is 4.67. The number of benzene rings is 2. The van der Waals surface area contributed by atoms with Gasteiger partial charge in [-0.15, -0.1) is 0 Å². The maximum absolute atomic E-state index is 13.5. The second kappa shape index (κ2) is 7.70. The highest BCUT2D eigenvalue weighted by Crippen LogP contribution is 2.19. The predicted octanol–water partition coefficient (Wildman–Crippen LogP) is 3.00. The van der Waals surface area contributed by atoms with E-state index < -0.39 is 16.6 Å². The quantitative estimate of drug-likeness (QED) is 0.860. The van der Waals surface area contributed by atoms with Crippen molar-refractivity contribution in [2.24, 2.45) is 0 Å². The normalized spacial score (nSPS) is 11.7. The summed E-state index contributed by atoms with van der Waals surface area (Å²) in [6.45, 7) is 1.80. The van der Waals surface area contributed by atoms with Gasteiger partial charge in [-0.3, -0.25) is 9.00 Å². The van der Waals surface area contributed by atoms with Gasteiger partial charge < -0.3 is 10.6 Å². The number of hydrogen-bond donors (Lipinski definition) is 2. The Kier molecular flexibility index (Phi) is 5.66. The van der Waals surface area contributed by atoms with E-state index in [2.05, 4.69) is 10.6 Å². The van der Waals surface area contributed by atoms with Crippen LogP contribution in [0.4, 0.5) is 15.8 Å². The van der Waals surface area contributed by atoms with Gasteiger partial charge in [0.1, 0.15) is 5.82 Å². The summed E-state index contributed by atoms with van der Waals surface area (Å²) in [6, 6.07) is 13.6. The van der Waals surface area contributed by atoms with Gasteiger partial charge in [0.15, 0.2) is 0 Å². The van der Waals surface area contributed by atoms with Crippen molar-refractivity contribution < 1.29 is 13.4 Å². The number of carbonyl (C=O) groups is 1. The summed E-state index contributed by atoms with van der Waals surface area (Å²) in [4.78, 5) is 11.8. The first-order chi connectivity index (χ1) is 10.6. The lowest BCUT2D eigenvalue weighted by Crippen LogP contribution is -2.12. The number of anilines is 2. The van der Waals surface area contributed by atoms with E-state index in [9.17, 15) is 13.4 Å². The van der Waals surface area contributed by atoms with E-state index in [4.69, 9.17) is 0 Å². The molecule has 0 aliphatic heterocycles. The molecule has 1 unspecified atom stereocenters. The van der Waals surface area contributed by atoms with E-state index in [0.717, 1.165) is 4.90 Å². The molecular weight excluding hydrogens is 303 g/mol. The third kappa shape index (κ3) is 4.66. The number of halogens is 1. The molecule has 0 fully saturated rings. The zero-order valence-corrected chi connectivity index (χ0v) is 13.0. The minimum atomic E-state index is -1.08. The molecule has 1 amide bonds. The maximum Gasteiger partial charge on any atom is 0.221 e. The summed E-state index contributed by atoms with van der Waals surface area (Å²) in [5.74, 6) is -0.383. The molecule has 2 N–H and O–H groups in total. The fourth-order valence-corrected chi connectivity index (χ4v) is 2.88. The Morgan fingerprint density at radius 1 is 1.18 bits per heavy atom. The third-order valence-electron chi connectivity index (χ3n) is 2.90. The number of hydrogen-bond acceptors (Lipinski definition) is 3. The molecule has 0 saturated heterocycles. The SMILES string of the molecule is CC(=O)Nc1cc(NCCS(=O)c2ccccc2)ccc1F. The summed E-state index contributed by atoms with van der Waals surface area (Å²) in [7, 11) is -1.08. The van der Waals surface area contributed by atoms with Gasteiger partial charge in [0.05, 0.1) is 16.5 Å². The zero-order valence-electron chi connectivity index (χ0n) is 12.1. The Hall–Kier alpha value is -2.21. The average Bonchev–Trinajstić information content (AvgIpc) is 2.50. The van der Waals surface area contributed by atoms with Crippen LogP contribution in [0.15, 0.2) is 53.4 Å². The molecule has 4 nitrogen and oxygen atoms in total. The molecule has 0 aliphatic carbocycles. The fraction of sp³-hybridized carbons (Fsp3) is 0.188. The van der Waals surface area contributed by atoms with Crippen molar-refractivity contribution in [1.82, 2.24) is 0 Å². The van der Waals surface area contributed by atoms with Crippen molar-refractivity contribution in [1.29, 1.82) is 0 Å². The Balaban J connectivity index is 1.92. The van der Waals surface area contributed by atoms with Crippen LogP contribution in [-0.4, -0.2) is 22.4 Å². The number of nitrogens with one attached hydrogen (secondary N) is 2. The predicted molar refractivity (Wildman–Crippen MR) is 86.9 cm³/mol. The molecule has 0 spiro atoms. The monoisotopic (exact) mass is 320 g/mol. The van der Waals surface area contributed by atoms with E-state index in [1.807, 2.05) is 30.3 Å². The van der Waals surface area contributed by atoms with Crippen molar-refractivity contribution in [3.63, 3.8) is 0 Å². The van der Waals surface area contributed by atoms with Gasteiger partial charge in [-0.2, -0.15) is 0 Å². The molecular formula is C16H17FN2O2S. The number of carbonyl (C=O) groups excluding carboxylic acids is 1. The number of rotatable bonds is 6. The lowest BCUT2D eigenvalue weighted by Gasteiger charge is -2.09. The Bertz CT molecular complexity index is 677. The van der Waals surface area contributed by atoms with Crippen LogP contribution < -0.4 is 10.6 Å². The van der Waals surface area contributed by atoms with Gasteiger partial charge in [0, 0.05) is 29.8 Å². The maximum atomic E-state index is 13.5. The zero-order chi connectivity index (χ0) is 15.9. The average molecular weight is 320 g/mol.